The van der Waals surface area contributed by atoms with Crippen LogP contribution in [0.3, 0.4) is 0 Å². The maximum atomic E-state index is 12.3. The summed E-state index contributed by atoms with van der Waals surface area (Å²) in [6.07, 6.45) is 1.32. The van der Waals surface area contributed by atoms with Gasteiger partial charge in [-0.05, 0) is 18.6 Å². The normalized spacial score (nSPS) is 12.8. The van der Waals surface area contributed by atoms with Gasteiger partial charge in [0.15, 0.2) is 4.90 Å². The molecule has 0 bridgehead atoms. The molecular formula is C12H15BrN2O6S. The average molecular weight is 395 g/mol. The Kier molecular flexibility index (Phi) is 6.45. The lowest BCUT2D eigenvalue weighted by Gasteiger charge is -2.14. The fraction of sp³-hybridized carbons (Fsp3) is 0.417. The van der Waals surface area contributed by atoms with Crippen molar-refractivity contribution in [2.24, 2.45) is 0 Å². The highest BCUT2D eigenvalue weighted by atomic mass is 79.9. The maximum Gasteiger partial charge on any atom is 0.321 e. The summed E-state index contributed by atoms with van der Waals surface area (Å²) in [5.74, 6) is -1.32. The standard InChI is InChI=1S/C12H15BrN2O6S/c1-2-3-4-9(12(16)17)14-22(20,21)11-6-5-8(13)7-10(11)15(18)19/h5-7,9,14H,2-4H2,1H3,(H,16,17)/t9-/m0/s1. The second-order valence-corrected chi connectivity index (χ2v) is 7.12. The number of nitrogens with one attached hydrogen (secondary N) is 1. The molecule has 8 nitrogen and oxygen atoms in total. The van der Waals surface area contributed by atoms with Gasteiger partial charge in [0.25, 0.3) is 5.69 Å². The Morgan fingerprint density at radius 3 is 2.64 bits per heavy atom. The Hall–Kier alpha value is -1.52. The van der Waals surface area contributed by atoms with Crippen molar-refractivity contribution in [3.63, 3.8) is 0 Å². The number of nitrogens with zero attached hydrogens (tertiary/aromatic N) is 1. The number of unbranched alkanes of at least 4 members (excludes halogenated alkanes) is 1. The van der Waals surface area contributed by atoms with Crippen molar-refractivity contribution >= 4 is 37.6 Å². The first-order chi connectivity index (χ1) is 10.2. The summed E-state index contributed by atoms with van der Waals surface area (Å²) in [6, 6.07) is 2.12. The number of sulfonamides is 1. The van der Waals surface area contributed by atoms with Gasteiger partial charge < -0.3 is 5.11 Å². The van der Waals surface area contributed by atoms with Gasteiger partial charge in [-0.15, -0.1) is 0 Å². The summed E-state index contributed by atoms with van der Waals surface area (Å²) in [5.41, 5.74) is -0.624. The number of carboxylic acids is 1. The van der Waals surface area contributed by atoms with Crippen LogP contribution in [-0.4, -0.2) is 30.5 Å². The minimum atomic E-state index is -4.32. The van der Waals surface area contributed by atoms with E-state index in [2.05, 4.69) is 15.9 Å². The molecule has 2 N–H and O–H groups in total. The number of aliphatic carboxylic acids is 1. The van der Waals surface area contributed by atoms with Gasteiger partial charge in [-0.25, -0.2) is 8.42 Å². The Labute approximate surface area is 135 Å². The first-order valence-electron chi connectivity index (χ1n) is 6.38. The zero-order valence-electron chi connectivity index (χ0n) is 11.7. The smallest absolute Gasteiger partial charge is 0.321 e. The average Bonchev–Trinajstić information content (AvgIpc) is 2.42. The lowest BCUT2D eigenvalue weighted by Crippen LogP contribution is -2.40. The van der Waals surface area contributed by atoms with Gasteiger partial charge >= 0.3 is 5.97 Å². The Morgan fingerprint density at radius 1 is 1.50 bits per heavy atom. The molecule has 0 spiro atoms. The summed E-state index contributed by atoms with van der Waals surface area (Å²) in [7, 11) is -4.32. The van der Waals surface area contributed by atoms with Crippen molar-refractivity contribution in [1.82, 2.24) is 4.72 Å². The van der Waals surface area contributed by atoms with Gasteiger partial charge in [-0.1, -0.05) is 35.7 Å². The van der Waals surface area contributed by atoms with E-state index in [9.17, 15) is 23.3 Å². The number of nitro benzene ring substituents is 1. The number of halogens is 1. The minimum absolute atomic E-state index is 0.107. The number of carbonyl (C=O) groups is 1. The van der Waals surface area contributed by atoms with Gasteiger partial charge in [-0.3, -0.25) is 14.9 Å². The predicted octanol–water partition coefficient (Wildman–Crippen LogP) is 2.28. The second-order valence-electron chi connectivity index (χ2n) is 4.52. The highest BCUT2D eigenvalue weighted by Gasteiger charge is 2.30. The summed E-state index contributed by atoms with van der Waals surface area (Å²) >= 11 is 3.03. The third kappa shape index (κ3) is 4.75. The molecule has 10 heteroatoms. The molecule has 0 saturated carbocycles. The fourth-order valence-electron chi connectivity index (χ4n) is 1.75. The quantitative estimate of drug-likeness (QED) is 0.514. The number of rotatable bonds is 8. The van der Waals surface area contributed by atoms with Crippen molar-refractivity contribution < 1.29 is 23.2 Å². The molecule has 1 aromatic rings. The van der Waals surface area contributed by atoms with Crippen LogP contribution in [0.5, 0.6) is 0 Å². The van der Waals surface area contributed by atoms with Crippen molar-refractivity contribution in [3.8, 4) is 0 Å². The lowest BCUT2D eigenvalue weighted by molar-refractivity contribution is -0.387. The van der Waals surface area contributed by atoms with Gasteiger partial charge in [-0.2, -0.15) is 4.72 Å². The Balaban J connectivity index is 3.18. The van der Waals surface area contributed by atoms with Gasteiger partial charge in [0.2, 0.25) is 10.0 Å². The molecule has 122 valence electrons. The van der Waals surface area contributed by atoms with Crippen LogP contribution in [0, 0.1) is 10.1 Å². The summed E-state index contributed by atoms with van der Waals surface area (Å²) in [5, 5.41) is 20.1. The van der Waals surface area contributed by atoms with Gasteiger partial charge in [0.1, 0.15) is 6.04 Å². The van der Waals surface area contributed by atoms with E-state index in [0.29, 0.717) is 17.3 Å². The van der Waals surface area contributed by atoms with E-state index in [0.717, 1.165) is 12.1 Å². The molecule has 0 amide bonds. The predicted molar refractivity (Wildman–Crippen MR) is 82.1 cm³/mol. The molecule has 0 aliphatic carbocycles. The fourth-order valence-corrected chi connectivity index (χ4v) is 3.48. The van der Waals surface area contributed by atoms with E-state index in [-0.39, 0.29) is 6.42 Å². The van der Waals surface area contributed by atoms with Crippen LogP contribution in [0.1, 0.15) is 26.2 Å². The Morgan fingerprint density at radius 2 is 2.14 bits per heavy atom. The van der Waals surface area contributed by atoms with E-state index in [1.54, 1.807) is 0 Å². The molecule has 0 radical (unpaired) electrons. The number of benzene rings is 1. The van der Waals surface area contributed by atoms with Crippen LogP contribution in [0.4, 0.5) is 5.69 Å². The van der Waals surface area contributed by atoms with E-state index >= 15 is 0 Å². The van der Waals surface area contributed by atoms with Crippen LogP contribution in [0.25, 0.3) is 0 Å². The van der Waals surface area contributed by atoms with Crippen molar-refractivity contribution in [3.05, 3.63) is 32.8 Å². The highest BCUT2D eigenvalue weighted by Crippen LogP contribution is 2.27. The van der Waals surface area contributed by atoms with Crippen molar-refractivity contribution in [2.45, 2.75) is 37.1 Å². The maximum absolute atomic E-state index is 12.3. The number of carboxylic acid groups (broad SMARTS) is 1. The van der Waals surface area contributed by atoms with Crippen LogP contribution in [-0.2, 0) is 14.8 Å². The SMILES string of the molecule is CCCC[C@H](NS(=O)(=O)c1ccc(Br)cc1[N+](=O)[O-])C(=O)O. The number of hydrogen-bond donors (Lipinski definition) is 2. The van der Waals surface area contributed by atoms with Crippen molar-refractivity contribution in [1.29, 1.82) is 0 Å². The van der Waals surface area contributed by atoms with Crippen LogP contribution in [0.2, 0.25) is 0 Å². The van der Waals surface area contributed by atoms with Crippen LogP contribution >= 0.6 is 15.9 Å². The molecule has 0 aromatic heterocycles. The summed E-state index contributed by atoms with van der Waals surface area (Å²) < 4.78 is 26.9. The molecule has 22 heavy (non-hydrogen) atoms. The molecule has 1 aromatic carbocycles. The van der Waals surface area contributed by atoms with Gasteiger partial charge in [0, 0.05) is 10.5 Å². The third-order valence-corrected chi connectivity index (χ3v) is 4.86. The third-order valence-electron chi connectivity index (χ3n) is 2.85. The monoisotopic (exact) mass is 394 g/mol. The first-order valence-corrected chi connectivity index (χ1v) is 8.65. The molecule has 0 saturated heterocycles. The Bertz CT molecular complexity index is 676. The van der Waals surface area contributed by atoms with Gasteiger partial charge in [0.05, 0.1) is 4.92 Å². The van der Waals surface area contributed by atoms with Crippen LogP contribution in [0.15, 0.2) is 27.6 Å². The molecule has 0 fully saturated rings. The topological polar surface area (TPSA) is 127 Å². The molecule has 0 unspecified atom stereocenters. The molecule has 0 heterocycles. The molecule has 1 atom stereocenters. The summed E-state index contributed by atoms with van der Waals surface area (Å²) in [4.78, 5) is 20.7. The number of hydrogen-bond acceptors (Lipinski definition) is 5. The zero-order chi connectivity index (χ0) is 16.9. The largest absolute Gasteiger partial charge is 0.480 e. The molecule has 1 rings (SSSR count). The van der Waals surface area contributed by atoms with E-state index < -0.39 is 37.5 Å². The summed E-state index contributed by atoms with van der Waals surface area (Å²) in [6.45, 7) is 1.84. The molecule has 0 aliphatic heterocycles. The molecular weight excluding hydrogens is 380 g/mol. The molecule has 0 aliphatic rings. The number of nitro groups is 1. The van der Waals surface area contributed by atoms with E-state index in [1.165, 1.54) is 6.07 Å². The van der Waals surface area contributed by atoms with Crippen molar-refractivity contribution in [2.75, 3.05) is 0 Å². The highest BCUT2D eigenvalue weighted by molar-refractivity contribution is 9.10. The first kappa shape index (κ1) is 18.5. The van der Waals surface area contributed by atoms with E-state index in [1.807, 2.05) is 11.6 Å². The van der Waals surface area contributed by atoms with E-state index in [4.69, 9.17) is 5.11 Å². The zero-order valence-corrected chi connectivity index (χ0v) is 14.1. The van der Waals surface area contributed by atoms with Crippen LogP contribution < -0.4 is 4.72 Å². The lowest BCUT2D eigenvalue weighted by atomic mass is 10.1. The second kappa shape index (κ2) is 7.65. The minimum Gasteiger partial charge on any atom is -0.480 e.